The highest BCUT2D eigenvalue weighted by atomic mass is 16.1. The fourth-order valence-corrected chi connectivity index (χ4v) is 3.02. The first-order valence-electron chi connectivity index (χ1n) is 7.33. The Hall–Kier alpha value is -1.69. The van der Waals surface area contributed by atoms with E-state index in [1.807, 2.05) is 12.4 Å². The molecule has 3 N–H and O–H groups in total. The molecule has 0 aromatic carbocycles. The van der Waals surface area contributed by atoms with Crippen molar-refractivity contribution >= 4 is 11.7 Å². The number of carbonyl (C=O) groups is 1. The fraction of sp³-hybridized carbons (Fsp3) is 0.643. The molecule has 20 heavy (non-hydrogen) atoms. The second-order valence-electron chi connectivity index (χ2n) is 5.61. The van der Waals surface area contributed by atoms with Crippen LogP contribution >= 0.6 is 0 Å². The molecule has 1 unspecified atom stereocenters. The number of nitrogens with one attached hydrogen (secondary N) is 1. The van der Waals surface area contributed by atoms with Gasteiger partial charge in [0.15, 0.2) is 0 Å². The van der Waals surface area contributed by atoms with Gasteiger partial charge in [0.25, 0.3) is 0 Å². The van der Waals surface area contributed by atoms with Crippen molar-refractivity contribution < 1.29 is 4.79 Å². The second kappa shape index (κ2) is 5.75. The lowest BCUT2D eigenvalue weighted by molar-refractivity contribution is -0.122. The van der Waals surface area contributed by atoms with Gasteiger partial charge in [0.05, 0.1) is 24.1 Å². The molecule has 0 radical (unpaired) electrons. The van der Waals surface area contributed by atoms with E-state index in [1.165, 1.54) is 6.42 Å². The highest BCUT2D eigenvalue weighted by molar-refractivity contribution is 5.76. The number of aromatic nitrogens is 2. The summed E-state index contributed by atoms with van der Waals surface area (Å²) in [6.07, 6.45) is 7.60. The van der Waals surface area contributed by atoms with Crippen LogP contribution in [0, 0.1) is 5.92 Å². The van der Waals surface area contributed by atoms with E-state index in [4.69, 9.17) is 10.7 Å². The van der Waals surface area contributed by atoms with Gasteiger partial charge in [0.1, 0.15) is 5.82 Å². The predicted octanol–water partition coefficient (Wildman–Crippen LogP) is 0.603. The molecular weight excluding hydrogens is 254 g/mol. The Morgan fingerprint density at radius 2 is 2.10 bits per heavy atom. The molecule has 6 nitrogen and oxygen atoms in total. The van der Waals surface area contributed by atoms with Crippen molar-refractivity contribution in [3.63, 3.8) is 0 Å². The first kappa shape index (κ1) is 13.3. The van der Waals surface area contributed by atoms with Gasteiger partial charge >= 0.3 is 0 Å². The molecule has 6 heteroatoms. The van der Waals surface area contributed by atoms with Crippen LogP contribution in [0.25, 0.3) is 0 Å². The molecule has 0 saturated carbocycles. The third-order valence-electron chi connectivity index (χ3n) is 4.28. The number of hydrogen-bond acceptors (Lipinski definition) is 5. The molecule has 2 aliphatic heterocycles. The summed E-state index contributed by atoms with van der Waals surface area (Å²) in [7, 11) is 0. The van der Waals surface area contributed by atoms with Gasteiger partial charge in [-0.05, 0) is 32.2 Å². The van der Waals surface area contributed by atoms with E-state index < -0.39 is 0 Å². The van der Waals surface area contributed by atoms with Crippen LogP contribution in [0.1, 0.15) is 37.4 Å². The minimum Gasteiger partial charge on any atom is -0.369 e. The standard InChI is InChI=1S/C14H21N5O/c15-14(20)10-3-6-19(7-4-10)13-9-16-8-12(18-13)11-2-1-5-17-11/h8-11,17H,1-7H2,(H2,15,20). The number of carbonyl (C=O) groups excluding carboxylic acids is 1. The third-order valence-corrected chi connectivity index (χ3v) is 4.28. The van der Waals surface area contributed by atoms with E-state index in [2.05, 4.69) is 15.2 Å². The van der Waals surface area contributed by atoms with Crippen LogP contribution in [-0.4, -0.2) is 35.5 Å². The largest absolute Gasteiger partial charge is 0.369 e. The van der Waals surface area contributed by atoms with E-state index >= 15 is 0 Å². The normalized spacial score (nSPS) is 24.0. The Kier molecular flexibility index (Phi) is 3.82. The molecule has 108 valence electrons. The van der Waals surface area contributed by atoms with Crippen LogP contribution in [-0.2, 0) is 4.79 Å². The van der Waals surface area contributed by atoms with E-state index in [-0.39, 0.29) is 11.8 Å². The molecule has 0 aliphatic carbocycles. The van der Waals surface area contributed by atoms with E-state index in [9.17, 15) is 4.79 Å². The maximum absolute atomic E-state index is 11.2. The Morgan fingerprint density at radius 3 is 2.75 bits per heavy atom. The number of hydrogen-bond donors (Lipinski definition) is 2. The highest BCUT2D eigenvalue weighted by Gasteiger charge is 2.25. The highest BCUT2D eigenvalue weighted by Crippen LogP contribution is 2.25. The molecule has 1 aromatic heterocycles. The van der Waals surface area contributed by atoms with Crippen molar-refractivity contribution in [1.29, 1.82) is 0 Å². The molecule has 1 atom stereocenters. The zero-order chi connectivity index (χ0) is 13.9. The number of rotatable bonds is 3. The van der Waals surface area contributed by atoms with Crippen LogP contribution in [0.2, 0.25) is 0 Å². The summed E-state index contributed by atoms with van der Waals surface area (Å²) >= 11 is 0. The van der Waals surface area contributed by atoms with E-state index in [1.54, 1.807) is 0 Å². The lowest BCUT2D eigenvalue weighted by Gasteiger charge is -2.31. The number of piperidine rings is 1. The Bertz CT molecular complexity index is 478. The summed E-state index contributed by atoms with van der Waals surface area (Å²) in [6.45, 7) is 2.70. The van der Waals surface area contributed by atoms with Crippen LogP contribution in [0.3, 0.4) is 0 Å². The zero-order valence-corrected chi connectivity index (χ0v) is 11.6. The maximum atomic E-state index is 11.2. The number of anilines is 1. The number of nitrogens with zero attached hydrogens (tertiary/aromatic N) is 3. The molecule has 1 amide bonds. The van der Waals surface area contributed by atoms with Gasteiger partial charge in [-0.15, -0.1) is 0 Å². The summed E-state index contributed by atoms with van der Waals surface area (Å²) in [4.78, 5) is 22.4. The van der Waals surface area contributed by atoms with Gasteiger partial charge in [0, 0.05) is 19.0 Å². The van der Waals surface area contributed by atoms with Crippen molar-refractivity contribution in [2.24, 2.45) is 11.7 Å². The minimum absolute atomic E-state index is 0.0129. The van der Waals surface area contributed by atoms with Gasteiger partial charge in [-0.2, -0.15) is 0 Å². The second-order valence-corrected chi connectivity index (χ2v) is 5.61. The van der Waals surface area contributed by atoms with Crippen LogP contribution < -0.4 is 16.0 Å². The maximum Gasteiger partial charge on any atom is 0.220 e. The molecule has 0 spiro atoms. The fourth-order valence-electron chi connectivity index (χ4n) is 3.02. The van der Waals surface area contributed by atoms with Crippen molar-refractivity contribution in [3.05, 3.63) is 18.1 Å². The average Bonchev–Trinajstić information content (AvgIpc) is 3.02. The van der Waals surface area contributed by atoms with Crippen LogP contribution in [0.5, 0.6) is 0 Å². The average molecular weight is 275 g/mol. The van der Waals surface area contributed by atoms with Gasteiger partial charge in [-0.25, -0.2) is 4.98 Å². The minimum atomic E-state index is -0.181. The Labute approximate surface area is 118 Å². The number of nitrogens with two attached hydrogens (primary N) is 1. The SMILES string of the molecule is NC(=O)C1CCN(c2cncc(C3CCCN3)n2)CC1. The summed E-state index contributed by atoms with van der Waals surface area (Å²) in [5.74, 6) is 0.748. The summed E-state index contributed by atoms with van der Waals surface area (Å²) in [6, 6.07) is 0.339. The zero-order valence-electron chi connectivity index (χ0n) is 11.6. The first-order chi connectivity index (χ1) is 9.74. The molecule has 2 fully saturated rings. The topological polar surface area (TPSA) is 84.1 Å². The lowest BCUT2D eigenvalue weighted by Crippen LogP contribution is -2.39. The summed E-state index contributed by atoms with van der Waals surface area (Å²) in [5.41, 5.74) is 6.39. The lowest BCUT2D eigenvalue weighted by atomic mass is 9.96. The van der Waals surface area contributed by atoms with Crippen molar-refractivity contribution in [3.8, 4) is 0 Å². The smallest absolute Gasteiger partial charge is 0.220 e. The van der Waals surface area contributed by atoms with Gasteiger partial charge in [0.2, 0.25) is 5.91 Å². The third kappa shape index (κ3) is 2.75. The monoisotopic (exact) mass is 275 g/mol. The predicted molar refractivity (Wildman–Crippen MR) is 76.1 cm³/mol. The summed E-state index contributed by atoms with van der Waals surface area (Å²) < 4.78 is 0. The molecule has 3 rings (SSSR count). The van der Waals surface area contributed by atoms with Gasteiger partial charge in [-0.1, -0.05) is 0 Å². The Balaban J connectivity index is 1.68. The molecule has 3 heterocycles. The van der Waals surface area contributed by atoms with Crippen LogP contribution in [0.4, 0.5) is 5.82 Å². The van der Waals surface area contributed by atoms with Crippen LogP contribution in [0.15, 0.2) is 12.4 Å². The summed E-state index contributed by atoms with van der Waals surface area (Å²) in [5, 5.41) is 3.44. The quantitative estimate of drug-likeness (QED) is 0.844. The molecule has 2 saturated heterocycles. The van der Waals surface area contributed by atoms with E-state index in [0.717, 1.165) is 50.4 Å². The Morgan fingerprint density at radius 1 is 1.30 bits per heavy atom. The van der Waals surface area contributed by atoms with Crippen molar-refractivity contribution in [2.75, 3.05) is 24.5 Å². The molecule has 1 aromatic rings. The van der Waals surface area contributed by atoms with Crippen molar-refractivity contribution in [2.45, 2.75) is 31.7 Å². The van der Waals surface area contributed by atoms with Gasteiger partial charge in [-0.3, -0.25) is 9.78 Å². The molecule has 0 bridgehead atoms. The number of amides is 1. The van der Waals surface area contributed by atoms with E-state index in [0.29, 0.717) is 6.04 Å². The number of primary amides is 1. The molecular formula is C14H21N5O. The first-order valence-corrected chi connectivity index (χ1v) is 7.33. The molecule has 2 aliphatic rings. The van der Waals surface area contributed by atoms with Gasteiger partial charge < -0.3 is 16.0 Å². The van der Waals surface area contributed by atoms with Crippen molar-refractivity contribution in [1.82, 2.24) is 15.3 Å².